The molecule has 1 heterocycles. The summed E-state index contributed by atoms with van der Waals surface area (Å²) in [6, 6.07) is 10.0. The fourth-order valence-electron chi connectivity index (χ4n) is 1.96. The molecule has 0 atom stereocenters. The number of hydrogen-bond acceptors (Lipinski definition) is 3. The second kappa shape index (κ2) is 11.5. The van der Waals surface area contributed by atoms with Crippen LogP contribution in [0.4, 0.5) is 4.39 Å². The van der Waals surface area contributed by atoms with Crippen LogP contribution in [0.2, 0.25) is 0 Å². The van der Waals surface area contributed by atoms with E-state index in [-0.39, 0.29) is 48.8 Å². The molecule has 0 fully saturated rings. The Morgan fingerprint density at radius 1 is 1.16 bits per heavy atom. The van der Waals surface area contributed by atoms with E-state index in [0.29, 0.717) is 30.4 Å². The van der Waals surface area contributed by atoms with Crippen molar-refractivity contribution in [3.63, 3.8) is 0 Å². The number of carbonyl (C=O) groups is 1. The van der Waals surface area contributed by atoms with E-state index in [1.54, 1.807) is 36.6 Å². The van der Waals surface area contributed by atoms with E-state index in [2.05, 4.69) is 20.9 Å². The van der Waals surface area contributed by atoms with Gasteiger partial charge in [-0.1, -0.05) is 18.2 Å². The van der Waals surface area contributed by atoms with Crippen LogP contribution in [-0.2, 0) is 17.9 Å². The van der Waals surface area contributed by atoms with E-state index in [1.807, 2.05) is 6.92 Å². The highest BCUT2D eigenvalue weighted by molar-refractivity contribution is 14.0. The van der Waals surface area contributed by atoms with Gasteiger partial charge in [0.2, 0.25) is 5.91 Å². The molecule has 3 N–H and O–H groups in total. The number of halogens is 2. The highest BCUT2D eigenvalue weighted by atomic mass is 127. The molecule has 2 rings (SSSR count). The van der Waals surface area contributed by atoms with Gasteiger partial charge < -0.3 is 20.4 Å². The molecule has 6 nitrogen and oxygen atoms in total. The predicted molar refractivity (Wildman–Crippen MR) is 105 cm³/mol. The maximum Gasteiger partial charge on any atom is 0.239 e. The largest absolute Gasteiger partial charge is 0.467 e. The molecule has 0 unspecified atom stereocenters. The van der Waals surface area contributed by atoms with Gasteiger partial charge in [0.25, 0.3) is 0 Å². The van der Waals surface area contributed by atoms with Crippen LogP contribution in [0.25, 0.3) is 0 Å². The Balaban J connectivity index is 0.00000312. The van der Waals surface area contributed by atoms with Gasteiger partial charge in [0.1, 0.15) is 11.6 Å². The Morgan fingerprint density at radius 2 is 1.96 bits per heavy atom. The van der Waals surface area contributed by atoms with E-state index in [1.165, 1.54) is 6.07 Å². The normalized spacial score (nSPS) is 10.7. The minimum atomic E-state index is -0.298. The number of benzene rings is 1. The van der Waals surface area contributed by atoms with Crippen LogP contribution in [0.3, 0.4) is 0 Å². The number of amides is 1. The third kappa shape index (κ3) is 7.55. The van der Waals surface area contributed by atoms with Gasteiger partial charge in [-0.3, -0.25) is 4.79 Å². The number of nitrogens with zero attached hydrogens (tertiary/aromatic N) is 1. The van der Waals surface area contributed by atoms with E-state index >= 15 is 0 Å². The first-order chi connectivity index (χ1) is 11.7. The number of aliphatic imine (C=N–C) groups is 1. The Hall–Kier alpha value is -2.10. The average molecular weight is 460 g/mol. The van der Waals surface area contributed by atoms with Crippen molar-refractivity contribution < 1.29 is 13.6 Å². The Kier molecular flexibility index (Phi) is 9.60. The molecule has 136 valence electrons. The van der Waals surface area contributed by atoms with Crippen LogP contribution in [0.5, 0.6) is 0 Å². The van der Waals surface area contributed by atoms with Gasteiger partial charge >= 0.3 is 0 Å². The summed E-state index contributed by atoms with van der Waals surface area (Å²) in [4.78, 5) is 16.1. The van der Waals surface area contributed by atoms with E-state index < -0.39 is 0 Å². The lowest BCUT2D eigenvalue weighted by atomic mass is 10.2. The maximum absolute atomic E-state index is 13.6. The van der Waals surface area contributed by atoms with Gasteiger partial charge in [0.15, 0.2) is 5.96 Å². The highest BCUT2D eigenvalue weighted by Crippen LogP contribution is 2.07. The fourth-order valence-corrected chi connectivity index (χ4v) is 1.96. The lowest BCUT2D eigenvalue weighted by Gasteiger charge is -2.11. The summed E-state index contributed by atoms with van der Waals surface area (Å²) in [6.07, 6.45) is 1.55. The van der Waals surface area contributed by atoms with Crippen LogP contribution in [0.1, 0.15) is 18.2 Å². The van der Waals surface area contributed by atoms with Crippen molar-refractivity contribution in [2.24, 2.45) is 4.99 Å². The monoisotopic (exact) mass is 460 g/mol. The molecule has 1 aromatic heterocycles. The van der Waals surface area contributed by atoms with Gasteiger partial charge in [-0.2, -0.15) is 0 Å². The first kappa shape index (κ1) is 20.9. The zero-order valence-corrected chi connectivity index (χ0v) is 16.3. The lowest BCUT2D eigenvalue weighted by molar-refractivity contribution is -0.120. The topological polar surface area (TPSA) is 78.7 Å². The van der Waals surface area contributed by atoms with Crippen molar-refractivity contribution in [1.82, 2.24) is 16.0 Å². The summed E-state index contributed by atoms with van der Waals surface area (Å²) in [6.45, 7) is 3.13. The Bertz CT molecular complexity index is 677. The Labute approximate surface area is 163 Å². The van der Waals surface area contributed by atoms with E-state index in [0.717, 1.165) is 0 Å². The second-order valence-electron chi connectivity index (χ2n) is 5.00. The maximum atomic E-state index is 13.6. The molecule has 0 aliphatic carbocycles. The van der Waals surface area contributed by atoms with Gasteiger partial charge in [-0.15, -0.1) is 24.0 Å². The van der Waals surface area contributed by atoms with Gasteiger partial charge in [-0.05, 0) is 25.1 Å². The van der Waals surface area contributed by atoms with Crippen LogP contribution < -0.4 is 16.0 Å². The summed E-state index contributed by atoms with van der Waals surface area (Å²) in [7, 11) is 0. The summed E-state index contributed by atoms with van der Waals surface area (Å²) in [5, 5.41) is 8.66. The fraction of sp³-hybridized carbons (Fsp3) is 0.294. The van der Waals surface area contributed by atoms with Crippen molar-refractivity contribution in [2.45, 2.75) is 20.0 Å². The van der Waals surface area contributed by atoms with Crippen LogP contribution in [0.15, 0.2) is 52.1 Å². The summed E-state index contributed by atoms with van der Waals surface area (Å²) >= 11 is 0. The molecule has 1 amide bonds. The van der Waals surface area contributed by atoms with Crippen molar-refractivity contribution in [1.29, 1.82) is 0 Å². The van der Waals surface area contributed by atoms with Crippen LogP contribution in [-0.4, -0.2) is 25.0 Å². The molecular weight excluding hydrogens is 438 g/mol. The molecule has 0 aliphatic rings. The van der Waals surface area contributed by atoms with E-state index in [4.69, 9.17) is 4.42 Å². The number of rotatable bonds is 7. The Morgan fingerprint density at radius 3 is 2.64 bits per heavy atom. The molecule has 2 aromatic rings. The number of guanidine groups is 1. The van der Waals surface area contributed by atoms with Crippen molar-refractivity contribution in [3.8, 4) is 0 Å². The second-order valence-corrected chi connectivity index (χ2v) is 5.00. The van der Waals surface area contributed by atoms with Gasteiger partial charge in [0, 0.05) is 12.1 Å². The first-order valence-electron chi connectivity index (χ1n) is 7.73. The predicted octanol–water partition coefficient (Wildman–Crippen LogP) is 2.41. The summed E-state index contributed by atoms with van der Waals surface area (Å²) in [5.41, 5.74) is 0.497. The highest BCUT2D eigenvalue weighted by Gasteiger charge is 2.05. The standard InChI is InChI=1S/C17H21FN4O2.HI/c1-2-19-17(21-10-13-6-3-4-8-15(13)18)22-12-16(23)20-11-14-7-5-9-24-14;/h3-9H,2,10-12H2,1H3,(H,20,23)(H2,19,21,22);1H. The molecule has 0 spiro atoms. The third-order valence-electron chi connectivity index (χ3n) is 3.17. The molecule has 1 aromatic carbocycles. The minimum absolute atomic E-state index is 0. The molecule has 0 bridgehead atoms. The van der Waals surface area contributed by atoms with Crippen LogP contribution in [0, 0.1) is 5.82 Å². The first-order valence-corrected chi connectivity index (χ1v) is 7.73. The molecule has 0 aliphatic heterocycles. The average Bonchev–Trinajstić information content (AvgIpc) is 3.10. The number of hydrogen-bond donors (Lipinski definition) is 3. The quantitative estimate of drug-likeness (QED) is 0.337. The van der Waals surface area contributed by atoms with Crippen molar-refractivity contribution >= 4 is 35.8 Å². The molecule has 25 heavy (non-hydrogen) atoms. The lowest BCUT2D eigenvalue weighted by Crippen LogP contribution is -2.43. The van der Waals surface area contributed by atoms with Gasteiger partial charge in [0.05, 0.1) is 25.9 Å². The molecule has 0 radical (unpaired) electrons. The molecule has 0 saturated carbocycles. The summed E-state index contributed by atoms with van der Waals surface area (Å²) in [5.74, 6) is 0.647. The molecule has 0 saturated heterocycles. The minimum Gasteiger partial charge on any atom is -0.467 e. The number of carbonyl (C=O) groups excluding carboxylic acids is 1. The summed E-state index contributed by atoms with van der Waals surface area (Å²) < 4.78 is 18.7. The SMILES string of the molecule is CCNC(=NCc1ccccc1F)NCC(=O)NCc1ccco1.I. The molecular formula is C17H22FIN4O2. The number of furan rings is 1. The number of nitrogens with one attached hydrogen (secondary N) is 3. The third-order valence-corrected chi connectivity index (χ3v) is 3.17. The molecule has 8 heteroatoms. The zero-order chi connectivity index (χ0) is 17.2. The smallest absolute Gasteiger partial charge is 0.239 e. The van der Waals surface area contributed by atoms with E-state index in [9.17, 15) is 9.18 Å². The van der Waals surface area contributed by atoms with Gasteiger partial charge in [-0.25, -0.2) is 9.38 Å². The van der Waals surface area contributed by atoms with Crippen LogP contribution >= 0.6 is 24.0 Å². The van der Waals surface area contributed by atoms with Crippen molar-refractivity contribution in [2.75, 3.05) is 13.1 Å². The van der Waals surface area contributed by atoms with Crippen molar-refractivity contribution in [3.05, 3.63) is 59.8 Å². The zero-order valence-electron chi connectivity index (χ0n) is 13.9.